The maximum atomic E-state index is 12.7. The van der Waals surface area contributed by atoms with Crippen LogP contribution >= 0.6 is 0 Å². The van der Waals surface area contributed by atoms with Crippen molar-refractivity contribution in [3.63, 3.8) is 0 Å². The van der Waals surface area contributed by atoms with Crippen molar-refractivity contribution in [3.8, 4) is 0 Å². The smallest absolute Gasteiger partial charge is 0.271 e. The van der Waals surface area contributed by atoms with Gasteiger partial charge in [-0.1, -0.05) is 6.92 Å². The molecule has 0 amide bonds. The first kappa shape index (κ1) is 9.27. The third kappa shape index (κ3) is 0.972. The van der Waals surface area contributed by atoms with Crippen molar-refractivity contribution in [1.82, 2.24) is 5.43 Å². The summed E-state index contributed by atoms with van der Waals surface area (Å²) in [6, 6.07) is 0. The Bertz CT molecular complexity index is 228. The molecular weight excluding hydrogens is 181 g/mol. The van der Waals surface area contributed by atoms with Crippen LogP contribution in [0, 0.1) is 17.8 Å². The van der Waals surface area contributed by atoms with Gasteiger partial charge >= 0.3 is 6.18 Å². The summed E-state index contributed by atoms with van der Waals surface area (Å²) in [4.78, 5) is 0. The second-order valence-electron chi connectivity index (χ2n) is 4.20. The van der Waals surface area contributed by atoms with E-state index in [1.54, 1.807) is 0 Å². The van der Waals surface area contributed by atoms with Crippen molar-refractivity contribution in [3.05, 3.63) is 0 Å². The van der Waals surface area contributed by atoms with Gasteiger partial charge in [-0.2, -0.15) is 13.2 Å². The highest BCUT2D eigenvalue weighted by Crippen LogP contribution is 2.65. The predicted molar refractivity (Wildman–Crippen MR) is 41.5 cm³/mol. The molecule has 2 nitrogen and oxygen atoms in total. The van der Waals surface area contributed by atoms with Crippen molar-refractivity contribution in [2.24, 2.45) is 23.6 Å². The molecule has 4 atom stereocenters. The summed E-state index contributed by atoms with van der Waals surface area (Å²) < 4.78 is 38.2. The highest BCUT2D eigenvalue weighted by atomic mass is 19.4. The maximum absolute atomic E-state index is 12.7. The van der Waals surface area contributed by atoms with E-state index in [9.17, 15) is 13.2 Å². The van der Waals surface area contributed by atoms with E-state index in [-0.39, 0.29) is 24.2 Å². The lowest BCUT2D eigenvalue weighted by atomic mass is 9.91. The summed E-state index contributed by atoms with van der Waals surface area (Å²) in [7, 11) is 0. The molecule has 0 spiro atoms. The molecule has 4 unspecified atom stereocenters. The molecule has 0 heterocycles. The monoisotopic (exact) mass is 194 g/mol. The molecule has 13 heavy (non-hydrogen) atoms. The van der Waals surface area contributed by atoms with Crippen LogP contribution in [-0.2, 0) is 0 Å². The van der Waals surface area contributed by atoms with E-state index >= 15 is 0 Å². The minimum absolute atomic E-state index is 0.132. The fourth-order valence-corrected chi connectivity index (χ4v) is 2.94. The number of halogens is 3. The Kier molecular flexibility index (Phi) is 1.70. The molecule has 76 valence electrons. The SMILES string of the molecule is CC1C2CCC(NN)(C(F)(F)F)C12. The summed E-state index contributed by atoms with van der Waals surface area (Å²) >= 11 is 0. The Morgan fingerprint density at radius 3 is 2.31 bits per heavy atom. The lowest BCUT2D eigenvalue weighted by molar-refractivity contribution is -0.203. The first-order valence-corrected chi connectivity index (χ1v) is 4.48. The van der Waals surface area contributed by atoms with E-state index < -0.39 is 11.7 Å². The van der Waals surface area contributed by atoms with E-state index in [1.165, 1.54) is 0 Å². The number of fused-ring (bicyclic) bond motifs is 1. The number of hydrazine groups is 1. The average Bonchev–Trinajstić information content (AvgIpc) is 2.55. The second kappa shape index (κ2) is 2.39. The topological polar surface area (TPSA) is 38.0 Å². The number of rotatable bonds is 1. The van der Waals surface area contributed by atoms with Gasteiger partial charge in [0, 0.05) is 0 Å². The fourth-order valence-electron chi connectivity index (χ4n) is 2.94. The van der Waals surface area contributed by atoms with Gasteiger partial charge < -0.3 is 0 Å². The summed E-state index contributed by atoms with van der Waals surface area (Å²) in [5, 5.41) is 0. The third-order valence-electron chi connectivity index (χ3n) is 3.77. The van der Waals surface area contributed by atoms with Crippen LogP contribution in [0.25, 0.3) is 0 Å². The molecular formula is C8H13F3N2. The summed E-state index contributed by atoms with van der Waals surface area (Å²) in [5.74, 6) is 5.18. The summed E-state index contributed by atoms with van der Waals surface area (Å²) in [6.07, 6.45) is -3.44. The summed E-state index contributed by atoms with van der Waals surface area (Å²) in [6.45, 7) is 1.87. The predicted octanol–water partition coefficient (Wildman–Crippen LogP) is 1.43. The molecule has 0 bridgehead atoms. The average molecular weight is 194 g/mol. The summed E-state index contributed by atoms with van der Waals surface area (Å²) in [5.41, 5.74) is 0.220. The third-order valence-corrected chi connectivity index (χ3v) is 3.77. The second-order valence-corrected chi connectivity index (χ2v) is 4.20. The lowest BCUT2D eigenvalue weighted by Crippen LogP contribution is -2.60. The molecule has 2 rings (SSSR count). The van der Waals surface area contributed by atoms with Crippen molar-refractivity contribution < 1.29 is 13.2 Å². The van der Waals surface area contributed by atoms with Crippen LogP contribution in [-0.4, -0.2) is 11.7 Å². The minimum atomic E-state index is -4.22. The van der Waals surface area contributed by atoms with Gasteiger partial charge in [-0.05, 0) is 30.6 Å². The lowest BCUT2D eigenvalue weighted by Gasteiger charge is -2.33. The number of nitrogens with one attached hydrogen (secondary N) is 1. The normalized spacial score (nSPS) is 49.2. The quantitative estimate of drug-likeness (QED) is 0.489. The molecule has 2 aliphatic rings. The molecule has 0 saturated heterocycles. The zero-order valence-electron chi connectivity index (χ0n) is 7.36. The Labute approximate surface area is 74.6 Å². The number of nitrogens with two attached hydrogens (primary N) is 1. The molecule has 2 fully saturated rings. The molecule has 0 radical (unpaired) electrons. The standard InChI is InChI=1S/C8H13F3N2/c1-4-5-2-3-7(13-12,6(4)5)8(9,10)11/h4-6,13H,2-3,12H2,1H3. The van der Waals surface area contributed by atoms with Crippen molar-refractivity contribution in [2.45, 2.75) is 31.5 Å². The molecule has 0 aliphatic heterocycles. The fraction of sp³-hybridized carbons (Fsp3) is 1.00. The maximum Gasteiger partial charge on any atom is 0.408 e. The van der Waals surface area contributed by atoms with Crippen molar-refractivity contribution in [1.29, 1.82) is 0 Å². The van der Waals surface area contributed by atoms with Gasteiger partial charge in [-0.25, -0.2) is 5.43 Å². The van der Waals surface area contributed by atoms with Gasteiger partial charge in [0.25, 0.3) is 0 Å². The number of alkyl halides is 3. The Morgan fingerprint density at radius 1 is 1.46 bits per heavy atom. The van der Waals surface area contributed by atoms with Crippen molar-refractivity contribution in [2.75, 3.05) is 0 Å². The molecule has 3 N–H and O–H groups in total. The van der Waals surface area contributed by atoms with E-state index in [1.807, 2.05) is 12.3 Å². The van der Waals surface area contributed by atoms with Gasteiger partial charge in [0.15, 0.2) is 0 Å². The Balaban J connectivity index is 2.27. The number of hydrogen-bond donors (Lipinski definition) is 2. The van der Waals surface area contributed by atoms with Gasteiger partial charge in [-0.3, -0.25) is 5.84 Å². The van der Waals surface area contributed by atoms with E-state index in [0.29, 0.717) is 6.42 Å². The van der Waals surface area contributed by atoms with Crippen LogP contribution in [0.15, 0.2) is 0 Å². The highest BCUT2D eigenvalue weighted by molar-refractivity contribution is 5.18. The van der Waals surface area contributed by atoms with Gasteiger partial charge in [0.2, 0.25) is 0 Å². The molecule has 0 aromatic rings. The first-order valence-electron chi connectivity index (χ1n) is 4.48. The highest BCUT2D eigenvalue weighted by Gasteiger charge is 2.72. The van der Waals surface area contributed by atoms with Crippen LogP contribution in [0.1, 0.15) is 19.8 Å². The molecule has 0 aromatic carbocycles. The Morgan fingerprint density at radius 2 is 2.08 bits per heavy atom. The molecule has 0 aromatic heterocycles. The molecule has 2 saturated carbocycles. The van der Waals surface area contributed by atoms with Crippen LogP contribution < -0.4 is 11.3 Å². The number of hydrogen-bond acceptors (Lipinski definition) is 2. The van der Waals surface area contributed by atoms with E-state index in [4.69, 9.17) is 5.84 Å². The van der Waals surface area contributed by atoms with Crippen LogP contribution in [0.5, 0.6) is 0 Å². The zero-order valence-corrected chi connectivity index (χ0v) is 7.36. The van der Waals surface area contributed by atoms with Gasteiger partial charge in [0.1, 0.15) is 5.54 Å². The van der Waals surface area contributed by atoms with E-state index in [0.717, 1.165) is 0 Å². The van der Waals surface area contributed by atoms with E-state index in [2.05, 4.69) is 0 Å². The van der Waals surface area contributed by atoms with Crippen LogP contribution in [0.4, 0.5) is 13.2 Å². The Hall–Kier alpha value is -0.290. The first-order chi connectivity index (χ1) is 5.94. The van der Waals surface area contributed by atoms with Crippen LogP contribution in [0.3, 0.4) is 0 Å². The van der Waals surface area contributed by atoms with Crippen LogP contribution in [0.2, 0.25) is 0 Å². The van der Waals surface area contributed by atoms with Gasteiger partial charge in [0.05, 0.1) is 0 Å². The van der Waals surface area contributed by atoms with Gasteiger partial charge in [-0.15, -0.1) is 0 Å². The minimum Gasteiger partial charge on any atom is -0.271 e. The largest absolute Gasteiger partial charge is 0.408 e. The molecule has 5 heteroatoms. The zero-order chi connectivity index (χ0) is 9.85. The van der Waals surface area contributed by atoms with Crippen molar-refractivity contribution >= 4 is 0 Å². The molecule has 2 aliphatic carbocycles.